The molecule has 2 heterocycles. The van der Waals surface area contributed by atoms with E-state index in [9.17, 15) is 9.90 Å². The second-order valence-electron chi connectivity index (χ2n) is 11.4. The Kier molecular flexibility index (Phi) is 7.21. The molecule has 37 heavy (non-hydrogen) atoms. The van der Waals surface area contributed by atoms with Crippen molar-refractivity contribution in [3.8, 4) is 11.4 Å². The van der Waals surface area contributed by atoms with Crippen LogP contribution < -0.4 is 5.32 Å². The summed E-state index contributed by atoms with van der Waals surface area (Å²) in [5.74, 6) is 1.65. The molecule has 8 heteroatoms. The molecule has 0 radical (unpaired) electrons. The number of nitrogens with one attached hydrogen (secondary N) is 1. The van der Waals surface area contributed by atoms with Gasteiger partial charge in [-0.2, -0.15) is 0 Å². The topological polar surface area (TPSA) is 92.4 Å². The lowest BCUT2D eigenvalue weighted by Crippen LogP contribution is -2.42. The van der Waals surface area contributed by atoms with Crippen LogP contribution in [0.25, 0.3) is 5.69 Å². The lowest BCUT2D eigenvalue weighted by Gasteiger charge is -2.38. The predicted octanol–water partition coefficient (Wildman–Crippen LogP) is 6.39. The second-order valence-corrected chi connectivity index (χ2v) is 11.8. The van der Waals surface area contributed by atoms with Crippen molar-refractivity contribution < 1.29 is 9.90 Å². The number of aromatic nitrogens is 3. The molecule has 0 spiro atoms. The highest BCUT2D eigenvalue weighted by molar-refractivity contribution is 6.30. The van der Waals surface area contributed by atoms with E-state index < -0.39 is 11.6 Å². The van der Waals surface area contributed by atoms with Crippen LogP contribution in [0.15, 0.2) is 47.5 Å². The van der Waals surface area contributed by atoms with Crippen LogP contribution in [0.3, 0.4) is 0 Å². The Morgan fingerprint density at radius 1 is 1.14 bits per heavy atom. The molecule has 2 N–H and O–H groups in total. The molecule has 7 nitrogen and oxygen atoms in total. The lowest BCUT2D eigenvalue weighted by molar-refractivity contribution is -0.132. The first-order valence-corrected chi connectivity index (χ1v) is 13.1. The molecule has 1 aliphatic heterocycles. The Morgan fingerprint density at radius 3 is 2.46 bits per heavy atom. The minimum absolute atomic E-state index is 0.0127. The number of nitrogens with zero attached hydrogens (tertiary/aromatic N) is 4. The Labute approximate surface area is 224 Å². The Morgan fingerprint density at radius 2 is 1.81 bits per heavy atom. The number of fused-ring (bicyclic) bond motifs is 3. The smallest absolute Gasteiger partial charge is 0.227 e. The summed E-state index contributed by atoms with van der Waals surface area (Å²) in [5, 5.41) is 22.9. The van der Waals surface area contributed by atoms with Gasteiger partial charge in [0.15, 0.2) is 12.0 Å². The van der Waals surface area contributed by atoms with E-state index in [1.54, 1.807) is 24.3 Å². The highest BCUT2D eigenvalue weighted by Crippen LogP contribution is 2.41. The fraction of sp³-hybridized carbons (Fsp3) is 0.448. The summed E-state index contributed by atoms with van der Waals surface area (Å²) in [7, 11) is 0. The molecule has 0 aliphatic carbocycles. The molecule has 3 aromatic rings. The number of hydrogen-bond acceptors (Lipinski definition) is 5. The molecule has 2 unspecified atom stereocenters. The van der Waals surface area contributed by atoms with E-state index in [0.29, 0.717) is 33.9 Å². The third kappa shape index (κ3) is 5.28. The van der Waals surface area contributed by atoms with Crippen molar-refractivity contribution in [2.24, 2.45) is 21.7 Å². The molecule has 0 fully saturated rings. The van der Waals surface area contributed by atoms with E-state index in [2.05, 4.69) is 43.2 Å². The largest absolute Gasteiger partial charge is 0.508 e. The van der Waals surface area contributed by atoms with Crippen LogP contribution in [0.2, 0.25) is 5.02 Å². The zero-order valence-electron chi connectivity index (χ0n) is 22.6. The number of aryl methyl sites for hydroxylation is 1. The SMILES string of the molecule is CCC(C)C(C)(C)CC(C)(C)C(=O)NC1N=C(c2ccc(Cl)cc2)c2cc(O)ccc2-n2c(C)nnc21. The van der Waals surface area contributed by atoms with Crippen LogP contribution in [0.5, 0.6) is 5.75 Å². The van der Waals surface area contributed by atoms with Gasteiger partial charge in [0.05, 0.1) is 11.4 Å². The number of benzene rings is 2. The molecule has 196 valence electrons. The first kappa shape index (κ1) is 26.9. The fourth-order valence-corrected chi connectivity index (χ4v) is 5.34. The van der Waals surface area contributed by atoms with E-state index in [0.717, 1.165) is 24.1 Å². The second kappa shape index (κ2) is 9.93. The minimum atomic E-state index is -0.778. The molecular weight excluding hydrogens is 486 g/mol. The molecule has 2 aromatic carbocycles. The van der Waals surface area contributed by atoms with Crippen molar-refractivity contribution in [2.45, 2.75) is 67.5 Å². The molecule has 0 saturated heterocycles. The number of aliphatic imine (C=N–C) groups is 1. The average Bonchev–Trinajstić information content (AvgIpc) is 3.15. The van der Waals surface area contributed by atoms with E-state index in [-0.39, 0.29) is 17.1 Å². The monoisotopic (exact) mass is 521 g/mol. The van der Waals surface area contributed by atoms with E-state index in [1.165, 1.54) is 0 Å². The number of carbonyl (C=O) groups is 1. The summed E-state index contributed by atoms with van der Waals surface area (Å²) >= 11 is 6.16. The predicted molar refractivity (Wildman–Crippen MR) is 147 cm³/mol. The minimum Gasteiger partial charge on any atom is -0.508 e. The summed E-state index contributed by atoms with van der Waals surface area (Å²) in [6.45, 7) is 14.7. The van der Waals surface area contributed by atoms with Gasteiger partial charge < -0.3 is 10.4 Å². The molecule has 4 rings (SSSR count). The van der Waals surface area contributed by atoms with Crippen LogP contribution in [0.1, 0.15) is 83.3 Å². The molecule has 0 bridgehead atoms. The van der Waals surface area contributed by atoms with Gasteiger partial charge in [0, 0.05) is 21.6 Å². The third-order valence-corrected chi connectivity index (χ3v) is 7.92. The number of carbonyl (C=O) groups excluding carboxylic acids is 1. The van der Waals surface area contributed by atoms with Crippen molar-refractivity contribution in [1.82, 2.24) is 20.1 Å². The van der Waals surface area contributed by atoms with Crippen molar-refractivity contribution in [3.05, 3.63) is 70.3 Å². The number of halogens is 1. The number of phenolic OH excluding ortho intramolecular Hbond substituents is 1. The number of amides is 1. The van der Waals surface area contributed by atoms with Crippen LogP contribution in [0.4, 0.5) is 0 Å². The van der Waals surface area contributed by atoms with Crippen LogP contribution >= 0.6 is 11.6 Å². The zero-order chi connectivity index (χ0) is 27.1. The van der Waals surface area contributed by atoms with Gasteiger partial charge >= 0.3 is 0 Å². The van der Waals surface area contributed by atoms with Crippen molar-refractivity contribution in [1.29, 1.82) is 0 Å². The molecular formula is C29H36ClN5O2. The number of rotatable bonds is 7. The highest BCUT2D eigenvalue weighted by Gasteiger charge is 2.39. The average molecular weight is 522 g/mol. The molecule has 2 atom stereocenters. The molecule has 0 saturated carbocycles. The standard InChI is InChI=1S/C29H36ClN5O2/c1-8-17(2)28(4,5)16-29(6,7)27(37)32-25-26-34-33-18(3)35(26)23-14-13-21(36)15-22(23)24(31-25)19-9-11-20(30)12-10-19/h9-15,17,25,36H,8,16H2,1-7H3,(H,32,37). The highest BCUT2D eigenvalue weighted by atomic mass is 35.5. The maximum absolute atomic E-state index is 13.8. The Balaban J connectivity index is 1.81. The van der Waals surface area contributed by atoms with Crippen molar-refractivity contribution >= 4 is 23.2 Å². The lowest BCUT2D eigenvalue weighted by atomic mass is 9.68. The van der Waals surface area contributed by atoms with Gasteiger partial charge in [-0.25, -0.2) is 0 Å². The van der Waals surface area contributed by atoms with Crippen LogP contribution in [-0.2, 0) is 4.79 Å². The normalized spacial score (nSPS) is 16.3. The number of aromatic hydroxyl groups is 1. The van der Waals surface area contributed by atoms with Crippen LogP contribution in [0, 0.1) is 23.7 Å². The zero-order valence-corrected chi connectivity index (χ0v) is 23.4. The first-order chi connectivity index (χ1) is 17.3. The van der Waals surface area contributed by atoms with Gasteiger partial charge in [0.25, 0.3) is 0 Å². The fourth-order valence-electron chi connectivity index (χ4n) is 5.22. The summed E-state index contributed by atoms with van der Waals surface area (Å²) < 4.78 is 1.89. The van der Waals surface area contributed by atoms with Gasteiger partial charge in [0.1, 0.15) is 11.6 Å². The van der Waals surface area contributed by atoms with E-state index in [1.807, 2.05) is 43.5 Å². The molecule has 1 aliphatic rings. The van der Waals surface area contributed by atoms with Gasteiger partial charge in [-0.1, -0.05) is 71.7 Å². The summed E-state index contributed by atoms with van der Waals surface area (Å²) in [6, 6.07) is 12.5. The van der Waals surface area contributed by atoms with Crippen molar-refractivity contribution in [2.75, 3.05) is 0 Å². The Bertz CT molecular complexity index is 1340. The quantitative estimate of drug-likeness (QED) is 0.377. The van der Waals surface area contributed by atoms with Gasteiger partial charge in [-0.15, -0.1) is 10.2 Å². The van der Waals surface area contributed by atoms with E-state index >= 15 is 0 Å². The van der Waals surface area contributed by atoms with Crippen molar-refractivity contribution in [3.63, 3.8) is 0 Å². The number of hydrogen-bond donors (Lipinski definition) is 2. The van der Waals surface area contributed by atoms with E-state index in [4.69, 9.17) is 16.6 Å². The first-order valence-electron chi connectivity index (χ1n) is 12.7. The third-order valence-electron chi connectivity index (χ3n) is 7.67. The maximum atomic E-state index is 13.8. The number of phenols is 1. The maximum Gasteiger partial charge on any atom is 0.227 e. The summed E-state index contributed by atoms with van der Waals surface area (Å²) in [4.78, 5) is 18.8. The van der Waals surface area contributed by atoms with Crippen LogP contribution in [-0.4, -0.2) is 31.5 Å². The Hall–Kier alpha value is -3.19. The van der Waals surface area contributed by atoms with Gasteiger partial charge in [-0.3, -0.25) is 14.4 Å². The van der Waals surface area contributed by atoms with Gasteiger partial charge in [0.2, 0.25) is 5.91 Å². The van der Waals surface area contributed by atoms with Gasteiger partial charge in [-0.05, 0) is 55.0 Å². The molecule has 1 aromatic heterocycles. The summed E-state index contributed by atoms with van der Waals surface area (Å²) in [5.41, 5.74) is 2.26. The molecule has 1 amide bonds. The summed E-state index contributed by atoms with van der Waals surface area (Å²) in [6.07, 6.45) is 0.997.